The van der Waals surface area contributed by atoms with Crippen molar-refractivity contribution >= 4 is 28.3 Å². The number of pyridine rings is 1. The lowest BCUT2D eigenvalue weighted by Gasteiger charge is -2.18. The lowest BCUT2D eigenvalue weighted by molar-refractivity contribution is 0.411. The highest BCUT2D eigenvalue weighted by Crippen LogP contribution is 2.36. The van der Waals surface area contributed by atoms with E-state index in [0.717, 1.165) is 54.5 Å². The van der Waals surface area contributed by atoms with Crippen molar-refractivity contribution in [2.75, 3.05) is 18.0 Å². The first-order chi connectivity index (χ1) is 10.7. The molecule has 0 saturated carbocycles. The minimum atomic E-state index is 0.636. The summed E-state index contributed by atoms with van der Waals surface area (Å²) in [7, 11) is 0. The van der Waals surface area contributed by atoms with Crippen LogP contribution in [0.1, 0.15) is 18.4 Å². The van der Waals surface area contributed by atoms with Crippen molar-refractivity contribution in [2.45, 2.75) is 12.8 Å². The standard InChI is InChI=1S/C18H16ClN3/c19-15-5-6-17-16(8-15)14(9-20)7-18(21-17)22-10-12-3-1-2-4-13(12)11-22/h1-2,5-8,12-13H,3-4,10-11H2. The molecule has 1 aliphatic carbocycles. The zero-order valence-corrected chi connectivity index (χ0v) is 12.9. The molecule has 3 nitrogen and oxygen atoms in total. The molecule has 2 unspecified atom stereocenters. The third-order valence-electron chi connectivity index (χ3n) is 4.82. The molecule has 1 saturated heterocycles. The molecule has 0 spiro atoms. The van der Waals surface area contributed by atoms with Crippen LogP contribution in [0.2, 0.25) is 5.02 Å². The van der Waals surface area contributed by atoms with Crippen LogP contribution in [0.4, 0.5) is 5.82 Å². The van der Waals surface area contributed by atoms with Crippen LogP contribution in [0.25, 0.3) is 10.9 Å². The molecular weight excluding hydrogens is 294 g/mol. The smallest absolute Gasteiger partial charge is 0.130 e. The summed E-state index contributed by atoms with van der Waals surface area (Å²) in [5.74, 6) is 2.36. The molecule has 0 amide bonds. The summed E-state index contributed by atoms with van der Waals surface area (Å²) in [5, 5.41) is 10.9. The third-order valence-corrected chi connectivity index (χ3v) is 5.06. The number of hydrogen-bond acceptors (Lipinski definition) is 3. The maximum absolute atomic E-state index is 9.45. The number of fused-ring (bicyclic) bond motifs is 2. The number of aromatic nitrogens is 1. The molecule has 1 aliphatic heterocycles. The Morgan fingerprint density at radius 3 is 2.55 bits per heavy atom. The van der Waals surface area contributed by atoms with Crippen molar-refractivity contribution < 1.29 is 0 Å². The molecule has 4 heteroatoms. The van der Waals surface area contributed by atoms with E-state index in [2.05, 4.69) is 23.1 Å². The molecule has 110 valence electrons. The van der Waals surface area contributed by atoms with Crippen molar-refractivity contribution in [3.8, 4) is 6.07 Å². The zero-order valence-electron chi connectivity index (χ0n) is 12.2. The molecule has 0 bridgehead atoms. The second-order valence-corrected chi connectivity index (χ2v) is 6.61. The van der Waals surface area contributed by atoms with Crippen molar-refractivity contribution in [3.63, 3.8) is 0 Å². The van der Waals surface area contributed by atoms with Gasteiger partial charge in [-0.2, -0.15) is 5.26 Å². The zero-order chi connectivity index (χ0) is 15.1. The van der Waals surface area contributed by atoms with E-state index in [4.69, 9.17) is 16.6 Å². The number of nitrogens with zero attached hydrogens (tertiary/aromatic N) is 3. The monoisotopic (exact) mass is 309 g/mol. The molecule has 2 aromatic rings. The molecule has 0 N–H and O–H groups in total. The molecular formula is C18H16ClN3. The molecule has 22 heavy (non-hydrogen) atoms. The molecule has 4 rings (SSSR count). The average Bonchev–Trinajstić information content (AvgIpc) is 2.98. The molecule has 1 aromatic carbocycles. The van der Waals surface area contributed by atoms with Gasteiger partial charge < -0.3 is 4.90 Å². The number of allylic oxidation sites excluding steroid dienone is 2. The van der Waals surface area contributed by atoms with Crippen LogP contribution in [-0.4, -0.2) is 18.1 Å². The second kappa shape index (κ2) is 5.30. The van der Waals surface area contributed by atoms with Crippen LogP contribution in [0.5, 0.6) is 0 Å². The number of halogens is 1. The van der Waals surface area contributed by atoms with E-state index in [0.29, 0.717) is 10.6 Å². The first kappa shape index (κ1) is 13.6. The minimum absolute atomic E-state index is 0.636. The Labute approximate surface area is 134 Å². The van der Waals surface area contributed by atoms with Crippen molar-refractivity contribution in [2.24, 2.45) is 11.8 Å². The Morgan fingerprint density at radius 2 is 1.86 bits per heavy atom. The Balaban J connectivity index is 1.74. The number of nitriles is 1. The van der Waals surface area contributed by atoms with Gasteiger partial charge in [-0.25, -0.2) is 4.98 Å². The lowest BCUT2D eigenvalue weighted by Crippen LogP contribution is -2.21. The van der Waals surface area contributed by atoms with Crippen molar-refractivity contribution in [1.29, 1.82) is 5.26 Å². The fourth-order valence-electron chi connectivity index (χ4n) is 3.64. The number of benzene rings is 1. The van der Waals surface area contributed by atoms with Gasteiger partial charge in [0.15, 0.2) is 0 Å². The molecule has 0 radical (unpaired) electrons. The summed E-state index contributed by atoms with van der Waals surface area (Å²) in [6, 6.07) is 9.74. The van der Waals surface area contributed by atoms with Crippen LogP contribution in [0.15, 0.2) is 36.4 Å². The summed E-state index contributed by atoms with van der Waals surface area (Å²) >= 11 is 6.04. The predicted molar refractivity (Wildman–Crippen MR) is 89.0 cm³/mol. The summed E-state index contributed by atoms with van der Waals surface area (Å²) in [5.41, 5.74) is 1.49. The minimum Gasteiger partial charge on any atom is -0.356 e. The highest BCUT2D eigenvalue weighted by Gasteiger charge is 2.33. The highest BCUT2D eigenvalue weighted by atomic mass is 35.5. The van der Waals surface area contributed by atoms with Crippen molar-refractivity contribution in [1.82, 2.24) is 4.98 Å². The molecule has 2 heterocycles. The quantitative estimate of drug-likeness (QED) is 0.743. The van der Waals surface area contributed by atoms with E-state index in [1.165, 1.54) is 0 Å². The van der Waals surface area contributed by atoms with Gasteiger partial charge in [-0.05, 0) is 48.9 Å². The maximum Gasteiger partial charge on any atom is 0.130 e. The SMILES string of the molecule is N#Cc1cc(N2CC3CC=CCC3C2)nc2ccc(Cl)cc12. The first-order valence-electron chi connectivity index (χ1n) is 7.65. The topological polar surface area (TPSA) is 39.9 Å². The Morgan fingerprint density at radius 1 is 1.14 bits per heavy atom. The van der Waals surface area contributed by atoms with Gasteiger partial charge in [-0.3, -0.25) is 0 Å². The van der Waals surface area contributed by atoms with Gasteiger partial charge in [0.25, 0.3) is 0 Å². The Bertz CT molecular complexity index is 790. The van der Waals surface area contributed by atoms with E-state index in [-0.39, 0.29) is 0 Å². The predicted octanol–water partition coefficient (Wildman–Crippen LogP) is 4.16. The van der Waals surface area contributed by atoms with Crippen LogP contribution >= 0.6 is 11.6 Å². The third kappa shape index (κ3) is 2.24. The fourth-order valence-corrected chi connectivity index (χ4v) is 3.81. The summed E-state index contributed by atoms with van der Waals surface area (Å²) in [6.07, 6.45) is 6.91. The van der Waals surface area contributed by atoms with Gasteiger partial charge in [0, 0.05) is 23.5 Å². The Hall–Kier alpha value is -2.05. The van der Waals surface area contributed by atoms with Gasteiger partial charge in [0.05, 0.1) is 17.1 Å². The Kier molecular flexibility index (Phi) is 3.28. The summed E-state index contributed by atoms with van der Waals surface area (Å²) < 4.78 is 0. The number of anilines is 1. The van der Waals surface area contributed by atoms with E-state index in [9.17, 15) is 5.26 Å². The molecule has 2 atom stereocenters. The average molecular weight is 310 g/mol. The van der Waals surface area contributed by atoms with Crippen LogP contribution in [-0.2, 0) is 0 Å². The lowest BCUT2D eigenvalue weighted by atomic mass is 9.86. The van der Waals surface area contributed by atoms with Gasteiger partial charge in [-0.15, -0.1) is 0 Å². The summed E-state index contributed by atoms with van der Waals surface area (Å²) in [6.45, 7) is 2.07. The summed E-state index contributed by atoms with van der Waals surface area (Å²) in [4.78, 5) is 7.09. The van der Waals surface area contributed by atoms with Gasteiger partial charge in [0.1, 0.15) is 5.82 Å². The van der Waals surface area contributed by atoms with E-state index < -0.39 is 0 Å². The van der Waals surface area contributed by atoms with Crippen LogP contribution in [0, 0.1) is 23.2 Å². The largest absolute Gasteiger partial charge is 0.356 e. The molecule has 1 fully saturated rings. The van der Waals surface area contributed by atoms with Crippen LogP contribution < -0.4 is 4.90 Å². The van der Waals surface area contributed by atoms with Crippen LogP contribution in [0.3, 0.4) is 0 Å². The van der Waals surface area contributed by atoms with E-state index in [1.807, 2.05) is 24.3 Å². The fraction of sp³-hybridized carbons (Fsp3) is 0.333. The molecule has 1 aromatic heterocycles. The van der Waals surface area contributed by atoms with Crippen molar-refractivity contribution in [3.05, 3.63) is 47.0 Å². The van der Waals surface area contributed by atoms with Gasteiger partial charge in [0.2, 0.25) is 0 Å². The van der Waals surface area contributed by atoms with Gasteiger partial charge in [-0.1, -0.05) is 23.8 Å². The highest BCUT2D eigenvalue weighted by molar-refractivity contribution is 6.31. The van der Waals surface area contributed by atoms with Gasteiger partial charge >= 0.3 is 0 Å². The molecule has 2 aliphatic rings. The van der Waals surface area contributed by atoms with E-state index >= 15 is 0 Å². The second-order valence-electron chi connectivity index (χ2n) is 6.17. The normalized spacial score (nSPS) is 23.5. The van der Waals surface area contributed by atoms with E-state index in [1.54, 1.807) is 0 Å². The first-order valence-corrected chi connectivity index (χ1v) is 8.03. The number of rotatable bonds is 1. The maximum atomic E-state index is 9.45. The number of hydrogen-bond donors (Lipinski definition) is 0.